The van der Waals surface area contributed by atoms with Crippen molar-refractivity contribution in [2.24, 2.45) is 0 Å². The van der Waals surface area contributed by atoms with Crippen molar-refractivity contribution in [3.63, 3.8) is 0 Å². The van der Waals surface area contributed by atoms with Crippen LogP contribution in [0.1, 0.15) is 18.2 Å². The number of imidazole rings is 1. The highest BCUT2D eigenvalue weighted by molar-refractivity contribution is 5.41. The van der Waals surface area contributed by atoms with E-state index >= 15 is 0 Å². The van der Waals surface area contributed by atoms with Crippen molar-refractivity contribution in [1.82, 2.24) is 14.4 Å². The third-order valence-corrected chi connectivity index (χ3v) is 2.37. The second kappa shape index (κ2) is 3.29. The van der Waals surface area contributed by atoms with Crippen molar-refractivity contribution in [2.75, 3.05) is 7.11 Å². The molecule has 2 aromatic rings. The molecule has 0 saturated carbocycles. The lowest BCUT2D eigenvalue weighted by Crippen LogP contribution is -2.03. The van der Waals surface area contributed by atoms with E-state index < -0.39 is 0 Å². The van der Waals surface area contributed by atoms with Crippen molar-refractivity contribution >= 4 is 5.78 Å². The van der Waals surface area contributed by atoms with Gasteiger partial charge in [-0.2, -0.15) is 4.98 Å². The molecule has 0 fully saturated rings. The number of rotatable bonds is 2. The summed E-state index contributed by atoms with van der Waals surface area (Å²) in [4.78, 5) is 8.29. The molecule has 0 unspecified atom stereocenters. The summed E-state index contributed by atoms with van der Waals surface area (Å²) in [5.74, 6) is 1.30. The van der Waals surface area contributed by atoms with E-state index in [0.717, 1.165) is 17.7 Å². The first-order valence-corrected chi connectivity index (χ1v) is 4.56. The molecule has 0 aliphatic heterocycles. The van der Waals surface area contributed by atoms with Gasteiger partial charge in [-0.15, -0.1) is 0 Å². The smallest absolute Gasteiger partial charge is 0.237 e. The van der Waals surface area contributed by atoms with Gasteiger partial charge in [-0.25, -0.2) is 4.98 Å². The second-order valence-corrected chi connectivity index (χ2v) is 3.08. The molecule has 1 radical (unpaired) electrons. The first kappa shape index (κ1) is 8.99. The van der Waals surface area contributed by atoms with Crippen molar-refractivity contribution in [1.29, 1.82) is 0 Å². The number of hydrogen-bond acceptors (Lipinski definition) is 3. The van der Waals surface area contributed by atoms with E-state index in [0.29, 0.717) is 11.7 Å². The molecule has 2 heterocycles. The van der Waals surface area contributed by atoms with Gasteiger partial charge in [-0.05, 0) is 13.3 Å². The molecule has 0 aliphatic rings. The van der Waals surface area contributed by atoms with Crippen molar-refractivity contribution < 1.29 is 4.74 Å². The fourth-order valence-corrected chi connectivity index (χ4v) is 1.62. The van der Waals surface area contributed by atoms with Crippen LogP contribution in [0.4, 0.5) is 0 Å². The van der Waals surface area contributed by atoms with Crippen LogP contribution in [0.3, 0.4) is 0 Å². The molecule has 2 rings (SSSR count). The van der Waals surface area contributed by atoms with Crippen LogP contribution in [0, 0.1) is 13.1 Å². The summed E-state index contributed by atoms with van der Waals surface area (Å²) in [5, 5.41) is 0. The van der Waals surface area contributed by atoms with Gasteiger partial charge in [0.15, 0.2) is 0 Å². The predicted octanol–water partition coefficient (Wildman–Crippen LogP) is 1.41. The van der Waals surface area contributed by atoms with E-state index in [2.05, 4.69) is 23.1 Å². The van der Waals surface area contributed by atoms with Crippen LogP contribution in [0.2, 0.25) is 0 Å². The molecule has 2 aromatic heterocycles. The standard InChI is InChI=1S/C10H12N3O/c1-4-8-7(2)13-6-5-11-10(13)12-9(8)14-3/h6H,4H2,1-3H3. The van der Waals surface area contributed by atoms with Gasteiger partial charge < -0.3 is 4.74 Å². The SMILES string of the molecule is CCc1c(OC)nc2n[c]cn2c1C. The molecular formula is C10H12N3O. The van der Waals surface area contributed by atoms with Gasteiger partial charge >= 0.3 is 0 Å². The molecule has 0 atom stereocenters. The Balaban J connectivity index is 2.79. The van der Waals surface area contributed by atoms with Crippen LogP contribution >= 0.6 is 0 Å². The lowest BCUT2D eigenvalue weighted by molar-refractivity contribution is 0.392. The lowest BCUT2D eigenvalue weighted by atomic mass is 10.2. The molecule has 73 valence electrons. The maximum Gasteiger partial charge on any atom is 0.237 e. The minimum Gasteiger partial charge on any atom is -0.481 e. The zero-order valence-corrected chi connectivity index (χ0v) is 8.53. The number of methoxy groups -OCH3 is 1. The topological polar surface area (TPSA) is 39.4 Å². The summed E-state index contributed by atoms with van der Waals surface area (Å²) >= 11 is 0. The van der Waals surface area contributed by atoms with Gasteiger partial charge in [0.25, 0.3) is 0 Å². The Morgan fingerprint density at radius 2 is 2.36 bits per heavy atom. The quantitative estimate of drug-likeness (QED) is 0.718. The number of fused-ring (bicyclic) bond motifs is 1. The number of hydrogen-bond donors (Lipinski definition) is 0. The van der Waals surface area contributed by atoms with Crippen LogP contribution in [0.25, 0.3) is 5.78 Å². The van der Waals surface area contributed by atoms with Crippen molar-refractivity contribution in [3.8, 4) is 5.88 Å². The van der Waals surface area contributed by atoms with E-state index in [9.17, 15) is 0 Å². The molecular weight excluding hydrogens is 178 g/mol. The van der Waals surface area contributed by atoms with E-state index in [4.69, 9.17) is 4.74 Å². The number of aryl methyl sites for hydroxylation is 1. The Labute approximate surface area is 82.6 Å². The number of aromatic nitrogens is 3. The Kier molecular flexibility index (Phi) is 2.11. The van der Waals surface area contributed by atoms with Gasteiger partial charge in [0.05, 0.1) is 7.11 Å². The first-order valence-electron chi connectivity index (χ1n) is 4.56. The summed E-state index contributed by atoms with van der Waals surface area (Å²) in [5.41, 5.74) is 2.23. The fourth-order valence-electron chi connectivity index (χ4n) is 1.62. The first-order chi connectivity index (χ1) is 6.77. The van der Waals surface area contributed by atoms with Crippen LogP contribution in [-0.4, -0.2) is 21.5 Å². The molecule has 0 N–H and O–H groups in total. The normalized spacial score (nSPS) is 10.8. The maximum atomic E-state index is 5.22. The Bertz CT molecular complexity index is 462. The lowest BCUT2D eigenvalue weighted by Gasteiger charge is -2.10. The summed E-state index contributed by atoms with van der Waals surface area (Å²) in [6, 6.07) is 0. The van der Waals surface area contributed by atoms with Gasteiger partial charge in [0, 0.05) is 17.5 Å². The summed E-state index contributed by atoms with van der Waals surface area (Å²) in [7, 11) is 1.63. The van der Waals surface area contributed by atoms with E-state index in [1.807, 2.05) is 11.3 Å². The molecule has 0 saturated heterocycles. The molecule has 0 aliphatic carbocycles. The van der Waals surface area contributed by atoms with Crippen molar-refractivity contribution in [2.45, 2.75) is 20.3 Å². The zero-order chi connectivity index (χ0) is 10.1. The largest absolute Gasteiger partial charge is 0.481 e. The van der Waals surface area contributed by atoms with Crippen LogP contribution in [0.15, 0.2) is 6.20 Å². The highest BCUT2D eigenvalue weighted by Crippen LogP contribution is 2.20. The minimum absolute atomic E-state index is 0.636. The highest BCUT2D eigenvalue weighted by Gasteiger charge is 2.10. The average molecular weight is 190 g/mol. The second-order valence-electron chi connectivity index (χ2n) is 3.08. The van der Waals surface area contributed by atoms with Gasteiger partial charge in [0.2, 0.25) is 11.7 Å². The molecule has 14 heavy (non-hydrogen) atoms. The number of nitrogens with zero attached hydrogens (tertiary/aromatic N) is 3. The molecule has 0 amide bonds. The van der Waals surface area contributed by atoms with Crippen molar-refractivity contribution in [3.05, 3.63) is 23.7 Å². The van der Waals surface area contributed by atoms with E-state index in [1.54, 1.807) is 13.3 Å². The van der Waals surface area contributed by atoms with Gasteiger partial charge in [0.1, 0.15) is 6.20 Å². The summed E-state index contributed by atoms with van der Waals surface area (Å²) < 4.78 is 7.13. The minimum atomic E-state index is 0.636. The highest BCUT2D eigenvalue weighted by atomic mass is 16.5. The van der Waals surface area contributed by atoms with E-state index in [-0.39, 0.29) is 0 Å². The summed E-state index contributed by atoms with van der Waals surface area (Å²) in [6.07, 6.45) is 5.46. The molecule has 0 aromatic carbocycles. The van der Waals surface area contributed by atoms with E-state index in [1.165, 1.54) is 0 Å². The molecule has 4 nitrogen and oxygen atoms in total. The third kappa shape index (κ3) is 1.14. The monoisotopic (exact) mass is 190 g/mol. The van der Waals surface area contributed by atoms with Crippen LogP contribution in [0.5, 0.6) is 5.88 Å². The number of ether oxygens (including phenoxy) is 1. The van der Waals surface area contributed by atoms with Gasteiger partial charge in [-0.1, -0.05) is 6.92 Å². The fraction of sp³-hybridized carbons (Fsp3) is 0.400. The zero-order valence-electron chi connectivity index (χ0n) is 8.53. The molecule has 4 heteroatoms. The van der Waals surface area contributed by atoms with Crippen LogP contribution in [-0.2, 0) is 6.42 Å². The maximum absolute atomic E-state index is 5.22. The summed E-state index contributed by atoms with van der Waals surface area (Å²) in [6.45, 7) is 4.12. The third-order valence-electron chi connectivity index (χ3n) is 2.37. The molecule has 0 spiro atoms. The Hall–Kier alpha value is -1.58. The van der Waals surface area contributed by atoms with Crippen LogP contribution < -0.4 is 4.74 Å². The Morgan fingerprint density at radius 1 is 1.57 bits per heavy atom. The van der Waals surface area contributed by atoms with Gasteiger partial charge in [-0.3, -0.25) is 4.40 Å². The average Bonchev–Trinajstić information content (AvgIpc) is 2.65. The predicted molar refractivity (Wildman–Crippen MR) is 52.5 cm³/mol. The molecule has 0 bridgehead atoms. The Morgan fingerprint density at radius 3 is 3.00 bits per heavy atom.